The fourth-order valence-electron chi connectivity index (χ4n) is 0.782. The van der Waals surface area contributed by atoms with E-state index >= 15 is 0 Å². The van der Waals surface area contributed by atoms with Gasteiger partial charge in [-0.15, -0.1) is 0 Å². The van der Waals surface area contributed by atoms with Crippen molar-refractivity contribution >= 4 is 5.78 Å². The van der Waals surface area contributed by atoms with Crippen LogP contribution in [0.4, 0.5) is 4.39 Å². The van der Waals surface area contributed by atoms with E-state index in [2.05, 4.69) is 15.2 Å². The summed E-state index contributed by atoms with van der Waals surface area (Å²) in [5.41, 5.74) is -0.924. The van der Waals surface area contributed by atoms with Crippen molar-refractivity contribution in [1.82, 2.24) is 15.2 Å². The lowest BCUT2D eigenvalue weighted by Crippen LogP contribution is -2.28. The number of hydrogen-bond donors (Lipinski definition) is 1. The van der Waals surface area contributed by atoms with Gasteiger partial charge in [0.1, 0.15) is 24.6 Å². The van der Waals surface area contributed by atoms with Gasteiger partial charge in [0.05, 0.1) is 11.8 Å². The number of rotatable bonds is 4. The molecular weight excluding hydrogens is 173 g/mol. The maximum Gasteiger partial charge on any atom is 0.148 e. The number of H-pyrrole nitrogens is 1. The molecule has 1 aromatic heterocycles. The zero-order valence-electron chi connectivity index (χ0n) is 7.67. The summed E-state index contributed by atoms with van der Waals surface area (Å²) in [5.74, 6) is 0.304. The van der Waals surface area contributed by atoms with Crippen LogP contribution in [-0.4, -0.2) is 27.6 Å². The molecule has 1 aromatic rings. The maximum atomic E-state index is 12.4. The zero-order chi connectivity index (χ0) is 9.90. The van der Waals surface area contributed by atoms with Crippen molar-refractivity contribution in [3.63, 3.8) is 0 Å². The van der Waals surface area contributed by atoms with E-state index in [0.29, 0.717) is 5.82 Å². The predicted molar refractivity (Wildman–Crippen MR) is 44.8 cm³/mol. The van der Waals surface area contributed by atoms with Crippen LogP contribution in [-0.2, 0) is 11.2 Å². The number of aromatic nitrogens is 3. The molecule has 0 amide bonds. The molecule has 1 rings (SSSR count). The number of aromatic amines is 1. The van der Waals surface area contributed by atoms with Crippen molar-refractivity contribution in [2.24, 2.45) is 5.41 Å². The van der Waals surface area contributed by atoms with Gasteiger partial charge in [-0.2, -0.15) is 5.10 Å². The molecule has 0 saturated carbocycles. The Morgan fingerprint density at radius 2 is 2.38 bits per heavy atom. The van der Waals surface area contributed by atoms with Crippen molar-refractivity contribution in [1.29, 1.82) is 0 Å². The van der Waals surface area contributed by atoms with Gasteiger partial charge in [0.15, 0.2) is 0 Å². The smallest absolute Gasteiger partial charge is 0.148 e. The van der Waals surface area contributed by atoms with Crippen LogP contribution < -0.4 is 0 Å². The van der Waals surface area contributed by atoms with Gasteiger partial charge in [-0.3, -0.25) is 14.3 Å². The molecule has 0 radical (unpaired) electrons. The molecule has 0 spiro atoms. The summed E-state index contributed by atoms with van der Waals surface area (Å²) in [4.78, 5) is 15.2. The van der Waals surface area contributed by atoms with Crippen LogP contribution >= 0.6 is 0 Å². The Kier molecular flexibility index (Phi) is 2.75. The molecule has 0 aliphatic rings. The number of Topliss-reactive ketones (excluding diaryl/α,β-unsaturated/α-hetero) is 1. The Balaban J connectivity index is 2.61. The molecule has 0 fully saturated rings. The summed E-state index contributed by atoms with van der Waals surface area (Å²) in [6, 6.07) is 0. The minimum Gasteiger partial charge on any atom is -0.298 e. The Morgan fingerprint density at radius 3 is 2.85 bits per heavy atom. The first-order valence-electron chi connectivity index (χ1n) is 4.00. The highest BCUT2D eigenvalue weighted by molar-refractivity contribution is 5.85. The molecule has 0 aliphatic carbocycles. The van der Waals surface area contributed by atoms with Crippen LogP contribution in [0.3, 0.4) is 0 Å². The van der Waals surface area contributed by atoms with Gasteiger partial charge in [0, 0.05) is 0 Å². The van der Waals surface area contributed by atoms with Crippen LogP contribution in [0, 0.1) is 5.41 Å². The summed E-state index contributed by atoms with van der Waals surface area (Å²) < 4.78 is 12.4. The maximum absolute atomic E-state index is 12.4. The van der Waals surface area contributed by atoms with Crippen LogP contribution in [0.5, 0.6) is 0 Å². The van der Waals surface area contributed by atoms with Crippen LogP contribution in [0.25, 0.3) is 0 Å². The van der Waals surface area contributed by atoms with E-state index in [1.165, 1.54) is 6.33 Å². The van der Waals surface area contributed by atoms with Crippen molar-refractivity contribution in [2.75, 3.05) is 6.67 Å². The Labute approximate surface area is 75.6 Å². The molecule has 4 nitrogen and oxygen atoms in total. The van der Waals surface area contributed by atoms with E-state index in [9.17, 15) is 9.18 Å². The average Bonchev–Trinajstić information content (AvgIpc) is 2.57. The number of ketones is 1. The van der Waals surface area contributed by atoms with Gasteiger partial charge >= 0.3 is 0 Å². The second kappa shape index (κ2) is 3.64. The van der Waals surface area contributed by atoms with Gasteiger partial charge in [0.2, 0.25) is 0 Å². The SMILES string of the molecule is CC(C)(CF)C(=O)Cc1ncn[nH]1. The van der Waals surface area contributed by atoms with Gasteiger partial charge in [-0.25, -0.2) is 4.98 Å². The summed E-state index contributed by atoms with van der Waals surface area (Å²) in [6.45, 7) is 2.50. The average molecular weight is 185 g/mol. The van der Waals surface area contributed by atoms with Crippen molar-refractivity contribution < 1.29 is 9.18 Å². The minimum atomic E-state index is -0.924. The second-order valence-electron chi connectivity index (χ2n) is 3.55. The molecule has 0 aromatic carbocycles. The van der Waals surface area contributed by atoms with Crippen LogP contribution in [0.15, 0.2) is 6.33 Å². The lowest BCUT2D eigenvalue weighted by atomic mass is 9.88. The summed E-state index contributed by atoms with van der Waals surface area (Å²) in [6.07, 6.45) is 1.43. The molecular formula is C8H12FN3O. The normalized spacial score (nSPS) is 11.6. The summed E-state index contributed by atoms with van der Waals surface area (Å²) in [5, 5.41) is 6.16. The third-order valence-corrected chi connectivity index (χ3v) is 1.88. The largest absolute Gasteiger partial charge is 0.298 e. The minimum absolute atomic E-state index is 0.108. The molecule has 1 N–H and O–H groups in total. The molecule has 0 saturated heterocycles. The molecule has 72 valence electrons. The quantitative estimate of drug-likeness (QED) is 0.758. The zero-order valence-corrected chi connectivity index (χ0v) is 7.67. The number of nitrogens with zero attached hydrogens (tertiary/aromatic N) is 2. The lowest BCUT2D eigenvalue weighted by Gasteiger charge is -2.17. The predicted octanol–water partition coefficient (Wildman–Crippen LogP) is 0.912. The monoisotopic (exact) mass is 185 g/mol. The first kappa shape index (κ1) is 9.83. The van der Waals surface area contributed by atoms with Crippen molar-refractivity contribution in [3.05, 3.63) is 12.2 Å². The van der Waals surface area contributed by atoms with E-state index in [0.717, 1.165) is 0 Å². The first-order chi connectivity index (χ1) is 6.06. The topological polar surface area (TPSA) is 58.6 Å². The Hall–Kier alpha value is -1.26. The highest BCUT2D eigenvalue weighted by Gasteiger charge is 2.27. The van der Waals surface area contributed by atoms with Gasteiger partial charge in [-0.05, 0) is 0 Å². The number of nitrogens with one attached hydrogen (secondary N) is 1. The molecule has 0 unspecified atom stereocenters. The Bertz CT molecular complexity index is 282. The molecule has 5 heteroatoms. The molecule has 13 heavy (non-hydrogen) atoms. The van der Waals surface area contributed by atoms with Gasteiger partial charge in [0.25, 0.3) is 0 Å². The molecule has 0 aliphatic heterocycles. The number of alkyl halides is 1. The van der Waals surface area contributed by atoms with Gasteiger partial charge in [-0.1, -0.05) is 13.8 Å². The van der Waals surface area contributed by atoms with Crippen molar-refractivity contribution in [3.8, 4) is 0 Å². The van der Waals surface area contributed by atoms with E-state index < -0.39 is 12.1 Å². The van der Waals surface area contributed by atoms with E-state index in [4.69, 9.17) is 0 Å². The number of hydrogen-bond acceptors (Lipinski definition) is 3. The van der Waals surface area contributed by atoms with Crippen LogP contribution in [0.1, 0.15) is 19.7 Å². The molecule has 0 atom stereocenters. The van der Waals surface area contributed by atoms with Crippen LogP contribution in [0.2, 0.25) is 0 Å². The van der Waals surface area contributed by atoms with E-state index in [1.807, 2.05) is 0 Å². The fraction of sp³-hybridized carbons (Fsp3) is 0.625. The van der Waals surface area contributed by atoms with E-state index in [-0.39, 0.29) is 12.2 Å². The summed E-state index contributed by atoms with van der Waals surface area (Å²) in [7, 11) is 0. The third-order valence-electron chi connectivity index (χ3n) is 1.88. The summed E-state index contributed by atoms with van der Waals surface area (Å²) >= 11 is 0. The van der Waals surface area contributed by atoms with E-state index in [1.54, 1.807) is 13.8 Å². The standard InChI is InChI=1S/C8H12FN3O/c1-8(2,4-9)6(13)3-7-10-5-11-12-7/h5H,3-4H2,1-2H3,(H,10,11,12). The molecule has 0 bridgehead atoms. The third kappa shape index (κ3) is 2.34. The number of carbonyl (C=O) groups excluding carboxylic acids is 1. The number of halogens is 1. The van der Waals surface area contributed by atoms with Crippen molar-refractivity contribution in [2.45, 2.75) is 20.3 Å². The highest BCUT2D eigenvalue weighted by atomic mass is 19.1. The molecule has 1 heterocycles. The Morgan fingerprint density at radius 1 is 1.69 bits per heavy atom. The second-order valence-corrected chi connectivity index (χ2v) is 3.55. The highest BCUT2D eigenvalue weighted by Crippen LogP contribution is 2.18. The first-order valence-corrected chi connectivity index (χ1v) is 4.00. The van der Waals surface area contributed by atoms with Gasteiger partial charge < -0.3 is 0 Å². The lowest BCUT2D eigenvalue weighted by molar-refractivity contribution is -0.127. The number of carbonyl (C=O) groups is 1. The fourth-order valence-corrected chi connectivity index (χ4v) is 0.782.